The molecule has 2 nitrogen and oxygen atoms in total. The normalized spacial score (nSPS) is 25.9. The quantitative estimate of drug-likeness (QED) is 0.879. The van der Waals surface area contributed by atoms with Crippen LogP contribution in [0, 0.1) is 18.3 Å². The molecule has 90 valence electrons. The molecule has 1 aliphatic rings. The van der Waals surface area contributed by atoms with E-state index < -0.39 is 0 Å². The number of rotatable bonds is 3. The van der Waals surface area contributed by atoms with E-state index in [-0.39, 0.29) is 6.10 Å². The first-order valence-electron chi connectivity index (χ1n) is 6.08. The van der Waals surface area contributed by atoms with Gasteiger partial charge in [-0.05, 0) is 31.1 Å². The van der Waals surface area contributed by atoms with Gasteiger partial charge in [0.15, 0.2) is 0 Å². The molecule has 0 radical (unpaired) electrons. The lowest BCUT2D eigenvalue weighted by atomic mass is 9.78. The van der Waals surface area contributed by atoms with E-state index in [0.717, 1.165) is 17.1 Å². The number of aliphatic hydroxyl groups excluding tert-OH is 1. The van der Waals surface area contributed by atoms with Gasteiger partial charge in [0.2, 0.25) is 0 Å². The van der Waals surface area contributed by atoms with Crippen LogP contribution in [-0.4, -0.2) is 16.2 Å². The first-order chi connectivity index (χ1) is 7.49. The van der Waals surface area contributed by atoms with Crippen LogP contribution in [0.25, 0.3) is 0 Å². The Morgan fingerprint density at radius 3 is 2.88 bits per heavy atom. The number of nitrogens with zero attached hydrogens (tertiary/aromatic N) is 1. The van der Waals surface area contributed by atoms with Crippen LogP contribution in [0.5, 0.6) is 0 Å². The predicted molar refractivity (Wildman–Crippen MR) is 67.7 cm³/mol. The molecule has 2 atom stereocenters. The van der Waals surface area contributed by atoms with Gasteiger partial charge >= 0.3 is 0 Å². The zero-order chi connectivity index (χ0) is 11.8. The van der Waals surface area contributed by atoms with Gasteiger partial charge in [0.05, 0.1) is 11.1 Å². The van der Waals surface area contributed by atoms with Crippen LogP contribution in [-0.2, 0) is 6.42 Å². The maximum atomic E-state index is 10.3. The molecule has 2 unspecified atom stereocenters. The largest absolute Gasteiger partial charge is 0.392 e. The number of aromatic nitrogens is 1. The molecule has 1 aromatic rings. The lowest BCUT2D eigenvalue weighted by Gasteiger charge is -2.30. The number of thiazole rings is 1. The van der Waals surface area contributed by atoms with Crippen LogP contribution in [0.1, 0.15) is 43.8 Å². The summed E-state index contributed by atoms with van der Waals surface area (Å²) >= 11 is 1.67. The van der Waals surface area contributed by atoms with Crippen LogP contribution in [0.4, 0.5) is 0 Å². The number of hydrogen-bond acceptors (Lipinski definition) is 3. The average molecular weight is 239 g/mol. The van der Waals surface area contributed by atoms with Gasteiger partial charge in [0.1, 0.15) is 0 Å². The van der Waals surface area contributed by atoms with Crippen LogP contribution in [0.2, 0.25) is 0 Å². The molecule has 3 heteroatoms. The van der Waals surface area contributed by atoms with E-state index in [1.165, 1.54) is 19.3 Å². The topological polar surface area (TPSA) is 33.1 Å². The zero-order valence-electron chi connectivity index (χ0n) is 10.4. The third-order valence-corrected chi connectivity index (χ3v) is 4.84. The van der Waals surface area contributed by atoms with E-state index >= 15 is 0 Å². The minimum atomic E-state index is -0.219. The Morgan fingerprint density at radius 1 is 1.62 bits per heavy atom. The fourth-order valence-corrected chi connectivity index (χ4v) is 3.71. The highest BCUT2D eigenvalue weighted by Gasteiger charge is 2.38. The molecule has 16 heavy (non-hydrogen) atoms. The Morgan fingerprint density at radius 2 is 2.38 bits per heavy atom. The van der Waals surface area contributed by atoms with Gasteiger partial charge in [-0.3, -0.25) is 0 Å². The molecule has 1 N–H and O–H groups in total. The van der Waals surface area contributed by atoms with Crippen LogP contribution in [0.15, 0.2) is 5.38 Å². The Bertz CT molecular complexity index is 359. The van der Waals surface area contributed by atoms with E-state index in [1.54, 1.807) is 11.3 Å². The van der Waals surface area contributed by atoms with Crippen LogP contribution >= 0.6 is 11.3 Å². The molecule has 1 saturated carbocycles. The SMILES string of the molecule is Cc1csc(CC(O)C2CCCC2(C)C)n1. The van der Waals surface area contributed by atoms with Crippen molar-refractivity contribution in [3.8, 4) is 0 Å². The molecule has 1 fully saturated rings. The van der Waals surface area contributed by atoms with Crippen molar-refractivity contribution < 1.29 is 5.11 Å². The Labute approximate surface area is 102 Å². The molecule has 0 amide bonds. The molecule has 0 bridgehead atoms. The molecule has 1 aromatic heterocycles. The second kappa shape index (κ2) is 4.46. The summed E-state index contributed by atoms with van der Waals surface area (Å²) in [6.07, 6.45) is 4.17. The fraction of sp³-hybridized carbons (Fsp3) is 0.769. The van der Waals surface area contributed by atoms with Crippen LogP contribution < -0.4 is 0 Å². The van der Waals surface area contributed by atoms with E-state index in [1.807, 2.05) is 6.92 Å². The van der Waals surface area contributed by atoms with Gasteiger partial charge in [0.25, 0.3) is 0 Å². The summed E-state index contributed by atoms with van der Waals surface area (Å²) in [5, 5.41) is 13.4. The molecule has 0 saturated heterocycles. The van der Waals surface area contributed by atoms with Crippen molar-refractivity contribution in [2.24, 2.45) is 11.3 Å². The molecule has 2 rings (SSSR count). The summed E-state index contributed by atoms with van der Waals surface area (Å²) in [6.45, 7) is 6.56. The molecule has 1 heterocycles. The van der Waals surface area contributed by atoms with Crippen LogP contribution in [0.3, 0.4) is 0 Å². The summed E-state index contributed by atoms with van der Waals surface area (Å²) < 4.78 is 0. The smallest absolute Gasteiger partial charge is 0.0954 e. The number of aliphatic hydroxyl groups is 1. The van der Waals surface area contributed by atoms with E-state index in [4.69, 9.17) is 0 Å². The minimum Gasteiger partial charge on any atom is -0.392 e. The lowest BCUT2D eigenvalue weighted by molar-refractivity contribution is 0.0542. The number of hydrogen-bond donors (Lipinski definition) is 1. The van der Waals surface area contributed by atoms with E-state index in [2.05, 4.69) is 24.2 Å². The van der Waals surface area contributed by atoms with Gasteiger partial charge < -0.3 is 5.11 Å². The maximum absolute atomic E-state index is 10.3. The van der Waals surface area contributed by atoms with Gasteiger partial charge in [-0.1, -0.05) is 20.3 Å². The lowest BCUT2D eigenvalue weighted by Crippen LogP contribution is -2.31. The average Bonchev–Trinajstić information content (AvgIpc) is 2.72. The maximum Gasteiger partial charge on any atom is 0.0954 e. The Kier molecular flexibility index (Phi) is 3.36. The minimum absolute atomic E-state index is 0.219. The molecule has 1 aliphatic carbocycles. The zero-order valence-corrected chi connectivity index (χ0v) is 11.2. The van der Waals surface area contributed by atoms with Crippen molar-refractivity contribution in [1.82, 2.24) is 4.98 Å². The number of aryl methyl sites for hydroxylation is 1. The van der Waals surface area contributed by atoms with E-state index in [9.17, 15) is 5.11 Å². The third kappa shape index (κ3) is 2.46. The van der Waals surface area contributed by atoms with Gasteiger partial charge in [-0.2, -0.15) is 0 Å². The summed E-state index contributed by atoms with van der Waals surface area (Å²) in [5.74, 6) is 0.441. The Hall–Kier alpha value is -0.410. The first kappa shape index (κ1) is 12.1. The van der Waals surface area contributed by atoms with Crippen molar-refractivity contribution in [2.75, 3.05) is 0 Å². The fourth-order valence-electron chi connectivity index (χ4n) is 2.88. The van der Waals surface area contributed by atoms with Gasteiger partial charge in [-0.15, -0.1) is 11.3 Å². The predicted octanol–water partition coefficient (Wildman–Crippen LogP) is 3.18. The van der Waals surface area contributed by atoms with Crippen molar-refractivity contribution >= 4 is 11.3 Å². The summed E-state index contributed by atoms with van der Waals surface area (Å²) in [5.41, 5.74) is 1.36. The highest BCUT2D eigenvalue weighted by molar-refractivity contribution is 7.09. The second-order valence-electron chi connectivity index (χ2n) is 5.64. The molecule has 0 spiro atoms. The van der Waals surface area contributed by atoms with Gasteiger partial charge in [-0.25, -0.2) is 4.98 Å². The van der Waals surface area contributed by atoms with E-state index in [0.29, 0.717) is 11.3 Å². The van der Waals surface area contributed by atoms with Crippen molar-refractivity contribution in [3.63, 3.8) is 0 Å². The Balaban J connectivity index is 2.00. The summed E-state index contributed by atoms with van der Waals surface area (Å²) in [7, 11) is 0. The molecule has 0 aliphatic heterocycles. The van der Waals surface area contributed by atoms with Crippen molar-refractivity contribution in [2.45, 2.75) is 52.6 Å². The van der Waals surface area contributed by atoms with Gasteiger partial charge in [0, 0.05) is 17.5 Å². The first-order valence-corrected chi connectivity index (χ1v) is 6.96. The molecule has 0 aromatic carbocycles. The monoisotopic (exact) mass is 239 g/mol. The molecular weight excluding hydrogens is 218 g/mol. The summed E-state index contributed by atoms with van der Waals surface area (Å²) in [4.78, 5) is 4.43. The standard InChI is InChI=1S/C13H21NOS/c1-9-8-16-12(14-9)7-11(15)10-5-4-6-13(10,2)3/h8,10-11,15H,4-7H2,1-3H3. The molecular formula is C13H21NOS. The highest BCUT2D eigenvalue weighted by atomic mass is 32.1. The third-order valence-electron chi connectivity index (χ3n) is 3.85. The van der Waals surface area contributed by atoms with Crippen molar-refractivity contribution in [3.05, 3.63) is 16.1 Å². The highest BCUT2D eigenvalue weighted by Crippen LogP contribution is 2.44. The second-order valence-corrected chi connectivity index (χ2v) is 6.58. The van der Waals surface area contributed by atoms with Crippen molar-refractivity contribution in [1.29, 1.82) is 0 Å². The summed E-state index contributed by atoms with van der Waals surface area (Å²) in [6, 6.07) is 0.